The lowest BCUT2D eigenvalue weighted by atomic mass is 9.78. The van der Waals surface area contributed by atoms with Crippen molar-refractivity contribution in [1.29, 1.82) is 0 Å². The maximum absolute atomic E-state index is 12.1. The molecule has 0 saturated heterocycles. The minimum atomic E-state index is -4.65. The van der Waals surface area contributed by atoms with Crippen LogP contribution in [0.3, 0.4) is 0 Å². The Hall–Kier alpha value is -1.52. The number of allylic oxidation sites excluding steroid dienone is 2. The Morgan fingerprint density at radius 3 is 2.23 bits per heavy atom. The van der Waals surface area contributed by atoms with E-state index < -0.39 is 6.36 Å². The average molecular weight is 316 g/mol. The van der Waals surface area contributed by atoms with E-state index in [1.165, 1.54) is 12.1 Å². The minimum Gasteiger partial charge on any atom is -0.406 e. The number of halogens is 4. The monoisotopic (exact) mass is 316 g/mol. The second-order valence-electron chi connectivity index (χ2n) is 5.63. The molecule has 0 unspecified atom stereocenters. The highest BCUT2D eigenvalue weighted by Gasteiger charge is 2.31. The second kappa shape index (κ2) is 7.65. The van der Waals surface area contributed by atoms with Gasteiger partial charge >= 0.3 is 6.36 Å². The molecule has 0 bridgehead atoms. The van der Waals surface area contributed by atoms with Crippen molar-refractivity contribution < 1.29 is 22.3 Å². The summed E-state index contributed by atoms with van der Waals surface area (Å²) in [5.41, 5.74) is 1.06. The molecule has 122 valence electrons. The van der Waals surface area contributed by atoms with Gasteiger partial charge in [0, 0.05) is 0 Å². The predicted molar refractivity (Wildman–Crippen MR) is 77.6 cm³/mol. The van der Waals surface area contributed by atoms with Crippen molar-refractivity contribution >= 4 is 0 Å². The van der Waals surface area contributed by atoms with Crippen LogP contribution in [0.15, 0.2) is 36.4 Å². The molecule has 1 fully saturated rings. The van der Waals surface area contributed by atoms with Crippen LogP contribution in [0.4, 0.5) is 17.6 Å². The summed E-state index contributed by atoms with van der Waals surface area (Å²) in [4.78, 5) is 0. The van der Waals surface area contributed by atoms with Gasteiger partial charge < -0.3 is 4.74 Å². The van der Waals surface area contributed by atoms with Crippen LogP contribution in [0, 0.1) is 5.92 Å². The van der Waals surface area contributed by atoms with Crippen LogP contribution in [0.5, 0.6) is 5.75 Å². The highest BCUT2D eigenvalue weighted by Crippen LogP contribution is 2.37. The first-order valence-electron chi connectivity index (χ1n) is 7.56. The molecule has 1 aliphatic rings. The van der Waals surface area contributed by atoms with Gasteiger partial charge in [-0.05, 0) is 61.6 Å². The van der Waals surface area contributed by atoms with Gasteiger partial charge in [0.1, 0.15) is 5.75 Å². The normalized spacial score (nSPS) is 22.9. The van der Waals surface area contributed by atoms with E-state index in [0.29, 0.717) is 18.3 Å². The molecule has 1 nitrogen and oxygen atoms in total. The zero-order valence-electron chi connectivity index (χ0n) is 12.3. The van der Waals surface area contributed by atoms with E-state index in [-0.39, 0.29) is 12.4 Å². The quantitative estimate of drug-likeness (QED) is 0.494. The van der Waals surface area contributed by atoms with Crippen molar-refractivity contribution in [2.75, 3.05) is 6.67 Å². The van der Waals surface area contributed by atoms with Gasteiger partial charge in [-0.3, -0.25) is 4.39 Å². The molecule has 0 amide bonds. The molecule has 0 spiro atoms. The Morgan fingerprint density at radius 2 is 1.68 bits per heavy atom. The van der Waals surface area contributed by atoms with E-state index in [1.807, 2.05) is 6.08 Å². The SMILES string of the molecule is FCCC=CC1CCC(c2ccc(OC(F)(F)F)cc2)CC1. The van der Waals surface area contributed by atoms with Crippen molar-refractivity contribution in [3.8, 4) is 5.75 Å². The number of benzene rings is 1. The topological polar surface area (TPSA) is 9.23 Å². The van der Waals surface area contributed by atoms with Crippen LogP contribution >= 0.6 is 0 Å². The Kier molecular flexibility index (Phi) is 5.86. The molecule has 0 atom stereocenters. The second-order valence-corrected chi connectivity index (χ2v) is 5.63. The summed E-state index contributed by atoms with van der Waals surface area (Å²) >= 11 is 0. The van der Waals surface area contributed by atoms with Crippen molar-refractivity contribution in [1.82, 2.24) is 0 Å². The summed E-state index contributed by atoms with van der Waals surface area (Å²) < 4.78 is 52.3. The third kappa shape index (κ3) is 5.35. The summed E-state index contributed by atoms with van der Waals surface area (Å²) in [7, 11) is 0. The minimum absolute atomic E-state index is 0.181. The van der Waals surface area contributed by atoms with Gasteiger partial charge in [-0.25, -0.2) is 0 Å². The standard InChI is InChI=1S/C17H20F4O/c18-12-2-1-3-13-4-6-14(7-5-13)15-8-10-16(11-9-15)22-17(19,20)21/h1,3,8-11,13-14H,2,4-7,12H2. The van der Waals surface area contributed by atoms with Crippen LogP contribution in [0.25, 0.3) is 0 Å². The summed E-state index contributed by atoms with van der Waals surface area (Å²) in [6, 6.07) is 6.17. The fourth-order valence-corrected chi connectivity index (χ4v) is 2.94. The largest absolute Gasteiger partial charge is 0.573 e. The number of alkyl halides is 4. The molecule has 0 aromatic heterocycles. The number of hydrogen-bond donors (Lipinski definition) is 0. The van der Waals surface area contributed by atoms with Gasteiger partial charge in [-0.2, -0.15) is 0 Å². The van der Waals surface area contributed by atoms with Crippen molar-refractivity contribution in [2.45, 2.75) is 44.4 Å². The third-order valence-electron chi connectivity index (χ3n) is 4.04. The molecule has 2 rings (SSSR count). The van der Waals surface area contributed by atoms with Gasteiger partial charge in [0.25, 0.3) is 0 Å². The zero-order chi connectivity index (χ0) is 16.0. The van der Waals surface area contributed by atoms with Gasteiger partial charge in [0.15, 0.2) is 0 Å². The highest BCUT2D eigenvalue weighted by atomic mass is 19.4. The van der Waals surface area contributed by atoms with Crippen LogP contribution in [-0.4, -0.2) is 13.0 Å². The molecule has 0 heterocycles. The molecule has 0 aliphatic heterocycles. The van der Waals surface area contributed by atoms with Crippen molar-refractivity contribution in [3.05, 3.63) is 42.0 Å². The molecule has 1 aliphatic carbocycles. The van der Waals surface area contributed by atoms with Gasteiger partial charge in [0.05, 0.1) is 6.67 Å². The van der Waals surface area contributed by atoms with Crippen molar-refractivity contribution in [2.24, 2.45) is 5.92 Å². The molecule has 0 N–H and O–H groups in total. The summed E-state index contributed by atoms with van der Waals surface area (Å²) in [5, 5.41) is 0. The van der Waals surface area contributed by atoms with E-state index in [4.69, 9.17) is 0 Å². The molecular formula is C17H20F4O. The maximum Gasteiger partial charge on any atom is 0.573 e. The van der Waals surface area contributed by atoms with Gasteiger partial charge in [0.2, 0.25) is 0 Å². The smallest absolute Gasteiger partial charge is 0.406 e. The molecule has 1 aromatic carbocycles. The Morgan fingerprint density at radius 1 is 1.05 bits per heavy atom. The average Bonchev–Trinajstić information content (AvgIpc) is 2.48. The molecule has 1 aromatic rings. The van der Waals surface area contributed by atoms with E-state index in [2.05, 4.69) is 10.8 Å². The molecular weight excluding hydrogens is 296 g/mol. The van der Waals surface area contributed by atoms with Crippen LogP contribution in [0.1, 0.15) is 43.6 Å². The summed E-state index contributed by atoms with van der Waals surface area (Å²) in [5.74, 6) is 0.695. The first-order valence-corrected chi connectivity index (χ1v) is 7.56. The number of hydrogen-bond acceptors (Lipinski definition) is 1. The van der Waals surface area contributed by atoms with Crippen LogP contribution < -0.4 is 4.74 Å². The maximum atomic E-state index is 12.1. The molecule has 0 radical (unpaired) electrons. The fraction of sp³-hybridized carbons (Fsp3) is 0.529. The number of ether oxygens (including phenoxy) is 1. The Labute approximate surface area is 128 Å². The molecule has 22 heavy (non-hydrogen) atoms. The lowest BCUT2D eigenvalue weighted by Gasteiger charge is -2.27. The van der Waals surface area contributed by atoms with E-state index >= 15 is 0 Å². The summed E-state index contributed by atoms with van der Waals surface area (Å²) in [6.07, 6.45) is 3.90. The molecule has 1 saturated carbocycles. The van der Waals surface area contributed by atoms with E-state index in [1.54, 1.807) is 12.1 Å². The van der Waals surface area contributed by atoms with Crippen LogP contribution in [-0.2, 0) is 0 Å². The Balaban J connectivity index is 1.86. The first-order chi connectivity index (χ1) is 10.5. The Bertz CT molecular complexity index is 470. The highest BCUT2D eigenvalue weighted by molar-refractivity contribution is 5.30. The third-order valence-corrected chi connectivity index (χ3v) is 4.04. The number of rotatable bonds is 5. The lowest BCUT2D eigenvalue weighted by molar-refractivity contribution is -0.274. The van der Waals surface area contributed by atoms with Crippen molar-refractivity contribution in [3.63, 3.8) is 0 Å². The zero-order valence-corrected chi connectivity index (χ0v) is 12.3. The summed E-state index contributed by atoms with van der Waals surface area (Å²) in [6.45, 7) is -0.321. The predicted octanol–water partition coefficient (Wildman–Crippen LogP) is 5.77. The van der Waals surface area contributed by atoms with E-state index in [0.717, 1.165) is 31.2 Å². The van der Waals surface area contributed by atoms with E-state index in [9.17, 15) is 17.6 Å². The lowest BCUT2D eigenvalue weighted by Crippen LogP contribution is -2.17. The first kappa shape index (κ1) is 16.8. The van der Waals surface area contributed by atoms with Gasteiger partial charge in [-0.1, -0.05) is 24.3 Å². The fourth-order valence-electron chi connectivity index (χ4n) is 2.94. The molecule has 5 heteroatoms. The van der Waals surface area contributed by atoms with Gasteiger partial charge in [-0.15, -0.1) is 13.2 Å². The van der Waals surface area contributed by atoms with Crippen LogP contribution in [0.2, 0.25) is 0 Å².